The van der Waals surface area contributed by atoms with E-state index in [9.17, 15) is 33.0 Å². The highest BCUT2D eigenvalue weighted by molar-refractivity contribution is 7.92. The smallest absolute Gasteiger partial charge is 0.339 e. The highest BCUT2D eigenvalue weighted by Gasteiger charge is 2.31. The Hall–Kier alpha value is -5.25. The summed E-state index contributed by atoms with van der Waals surface area (Å²) in [6.45, 7) is 0.379. The third kappa shape index (κ3) is 10.0. The minimum Gasteiger partial charge on any atom is -0.507 e. The molecule has 6 rings (SSSR count). The van der Waals surface area contributed by atoms with Gasteiger partial charge < -0.3 is 30.3 Å². The Labute approximate surface area is 313 Å². The number of carbonyl (C=O) groups excluding carboxylic acids is 2. The molecule has 54 heavy (non-hydrogen) atoms. The standard InChI is InChI=1S/C39H45N5O9S/c45-33-20-19-28(21-29(33)39(48)49)54(50,51)43-36-22-32(38(47)41-31-16-8-10-18-35(31)53-25-27-13-5-2-6-14-27)44(42-36)23-37(46)40-30-15-7-9-17-34(30)52-24-26-11-3-1-4-12-26/h1-6,11-14,19-22,30-31,34-35,45H,7-10,15-18,23-25H2,(H,40,46)(H,41,47)(H,42,43)(H,48,49)/t30-,31-,34-,35-/m0/s1. The molecule has 0 bridgehead atoms. The summed E-state index contributed by atoms with van der Waals surface area (Å²) in [5, 5.41) is 29.7. The zero-order valence-corrected chi connectivity index (χ0v) is 30.5. The van der Waals surface area contributed by atoms with Crippen molar-refractivity contribution in [1.29, 1.82) is 0 Å². The lowest BCUT2D eigenvalue weighted by Crippen LogP contribution is -2.48. The predicted octanol–water partition coefficient (Wildman–Crippen LogP) is 4.99. The molecule has 0 saturated heterocycles. The number of hydrogen-bond donors (Lipinski definition) is 5. The number of hydrogen-bond acceptors (Lipinski definition) is 9. The average Bonchev–Trinajstić information content (AvgIpc) is 3.55. The number of amides is 2. The van der Waals surface area contributed by atoms with E-state index in [1.807, 2.05) is 60.7 Å². The van der Waals surface area contributed by atoms with Crippen LogP contribution in [-0.2, 0) is 44.1 Å². The van der Waals surface area contributed by atoms with Crippen molar-refractivity contribution in [2.24, 2.45) is 0 Å². The molecule has 0 aliphatic heterocycles. The Morgan fingerprint density at radius 2 is 1.31 bits per heavy atom. The number of ether oxygens (including phenoxy) is 2. The lowest BCUT2D eigenvalue weighted by atomic mass is 9.92. The van der Waals surface area contributed by atoms with Crippen molar-refractivity contribution in [3.8, 4) is 5.75 Å². The first kappa shape index (κ1) is 38.5. The summed E-state index contributed by atoms with van der Waals surface area (Å²) in [6, 6.07) is 22.9. The molecule has 3 aromatic carbocycles. The number of phenols is 1. The van der Waals surface area contributed by atoms with E-state index in [1.165, 1.54) is 6.07 Å². The molecule has 14 nitrogen and oxygen atoms in total. The van der Waals surface area contributed by atoms with Gasteiger partial charge in [0, 0.05) is 6.07 Å². The van der Waals surface area contributed by atoms with E-state index in [1.54, 1.807) is 0 Å². The zero-order valence-electron chi connectivity index (χ0n) is 29.7. The Morgan fingerprint density at radius 1 is 0.759 bits per heavy atom. The van der Waals surface area contributed by atoms with Gasteiger partial charge in [0.05, 0.1) is 42.4 Å². The molecular formula is C39H45N5O9S. The summed E-state index contributed by atoms with van der Waals surface area (Å²) in [5.41, 5.74) is 1.36. The number of rotatable bonds is 15. The normalized spacial score (nSPS) is 20.1. The third-order valence-electron chi connectivity index (χ3n) is 9.74. The quantitative estimate of drug-likeness (QED) is 0.110. The van der Waals surface area contributed by atoms with Crippen molar-refractivity contribution in [1.82, 2.24) is 20.4 Å². The maximum atomic E-state index is 14.0. The summed E-state index contributed by atoms with van der Waals surface area (Å²) >= 11 is 0. The lowest BCUT2D eigenvalue weighted by molar-refractivity contribution is -0.124. The van der Waals surface area contributed by atoms with Crippen molar-refractivity contribution in [2.75, 3.05) is 4.72 Å². The summed E-state index contributed by atoms with van der Waals surface area (Å²) in [7, 11) is -4.44. The molecule has 1 aromatic heterocycles. The van der Waals surface area contributed by atoms with Gasteiger partial charge in [-0.15, -0.1) is 0 Å². The van der Waals surface area contributed by atoms with Gasteiger partial charge in [-0.05, 0) is 55.0 Å². The van der Waals surface area contributed by atoms with Crippen molar-refractivity contribution in [2.45, 2.75) is 100 Å². The van der Waals surface area contributed by atoms with Crippen LogP contribution in [0.3, 0.4) is 0 Å². The fourth-order valence-electron chi connectivity index (χ4n) is 6.93. The molecule has 0 radical (unpaired) electrons. The number of benzene rings is 3. The van der Waals surface area contributed by atoms with Gasteiger partial charge >= 0.3 is 5.97 Å². The second-order valence-electron chi connectivity index (χ2n) is 13.7. The van der Waals surface area contributed by atoms with E-state index in [2.05, 4.69) is 20.5 Å². The number of carboxylic acid groups (broad SMARTS) is 1. The van der Waals surface area contributed by atoms with Gasteiger partial charge in [-0.3, -0.25) is 14.3 Å². The van der Waals surface area contributed by atoms with E-state index in [0.29, 0.717) is 26.1 Å². The largest absolute Gasteiger partial charge is 0.507 e. The molecule has 0 unspecified atom stereocenters. The first-order valence-electron chi connectivity index (χ1n) is 18.1. The molecule has 2 aliphatic carbocycles. The zero-order chi connectivity index (χ0) is 38.1. The fourth-order valence-corrected chi connectivity index (χ4v) is 7.94. The van der Waals surface area contributed by atoms with Crippen LogP contribution in [0.2, 0.25) is 0 Å². The highest BCUT2D eigenvalue weighted by atomic mass is 32.2. The van der Waals surface area contributed by atoms with Crippen molar-refractivity contribution < 1.29 is 42.5 Å². The van der Waals surface area contributed by atoms with Crippen LogP contribution in [0, 0.1) is 0 Å². The van der Waals surface area contributed by atoms with Crippen molar-refractivity contribution >= 4 is 33.6 Å². The first-order valence-corrected chi connectivity index (χ1v) is 19.6. The molecule has 2 amide bonds. The van der Waals surface area contributed by atoms with Crippen LogP contribution in [0.25, 0.3) is 0 Å². The van der Waals surface area contributed by atoms with Gasteiger partial charge in [0.2, 0.25) is 5.91 Å². The second-order valence-corrected chi connectivity index (χ2v) is 15.3. The molecular weight excluding hydrogens is 715 g/mol. The molecule has 0 spiro atoms. The van der Waals surface area contributed by atoms with Crippen LogP contribution in [0.4, 0.5) is 5.82 Å². The number of aromatic nitrogens is 2. The van der Waals surface area contributed by atoms with E-state index in [4.69, 9.17) is 9.47 Å². The number of anilines is 1. The van der Waals surface area contributed by atoms with Crippen LogP contribution >= 0.6 is 0 Å². The van der Waals surface area contributed by atoms with Gasteiger partial charge in [0.25, 0.3) is 15.9 Å². The average molecular weight is 760 g/mol. The highest BCUT2D eigenvalue weighted by Crippen LogP contribution is 2.26. The molecule has 1 heterocycles. The van der Waals surface area contributed by atoms with Crippen LogP contribution in [0.1, 0.15) is 83.3 Å². The minimum atomic E-state index is -4.44. The molecule has 15 heteroatoms. The topological polar surface area (TPSA) is 198 Å². The van der Waals surface area contributed by atoms with Gasteiger partial charge in [-0.2, -0.15) is 5.10 Å². The number of carboxylic acids is 1. The summed E-state index contributed by atoms with van der Waals surface area (Å²) in [6.07, 6.45) is 6.09. The van der Waals surface area contributed by atoms with Crippen molar-refractivity contribution in [3.05, 3.63) is 107 Å². The summed E-state index contributed by atoms with van der Waals surface area (Å²) in [4.78, 5) is 38.7. The first-order chi connectivity index (χ1) is 26.1. The monoisotopic (exact) mass is 759 g/mol. The van der Waals surface area contributed by atoms with Gasteiger partial charge in [0.15, 0.2) is 5.82 Å². The number of sulfonamides is 1. The summed E-state index contributed by atoms with van der Waals surface area (Å²) in [5.74, 6) is -3.39. The number of nitrogens with zero attached hydrogens (tertiary/aromatic N) is 2. The minimum absolute atomic E-state index is 0.0623. The summed E-state index contributed by atoms with van der Waals surface area (Å²) < 4.78 is 42.6. The van der Waals surface area contributed by atoms with Gasteiger partial charge in [-0.1, -0.05) is 86.3 Å². The SMILES string of the molecule is O=C(Cn1nc(NS(=O)(=O)c2ccc(O)c(C(=O)O)c2)cc1C(=O)N[C@H]1CCCC[C@@H]1OCc1ccccc1)N[C@H]1CCCC[C@@H]1OCc1ccccc1. The Morgan fingerprint density at radius 3 is 1.89 bits per heavy atom. The second kappa shape index (κ2) is 17.7. The van der Waals surface area contributed by atoms with E-state index in [0.717, 1.165) is 72.5 Å². The lowest BCUT2D eigenvalue weighted by Gasteiger charge is -2.32. The van der Waals surface area contributed by atoms with Gasteiger partial charge in [0.1, 0.15) is 23.6 Å². The van der Waals surface area contributed by atoms with Crippen LogP contribution < -0.4 is 15.4 Å². The van der Waals surface area contributed by atoms with Gasteiger partial charge in [-0.25, -0.2) is 17.9 Å². The fraction of sp³-hybridized carbons (Fsp3) is 0.385. The molecule has 5 N–H and O–H groups in total. The molecule has 2 saturated carbocycles. The number of carbonyl (C=O) groups is 3. The Bertz CT molecular complexity index is 2020. The van der Waals surface area contributed by atoms with Crippen LogP contribution in [0.5, 0.6) is 5.75 Å². The molecule has 2 fully saturated rings. The molecule has 2 aliphatic rings. The Kier molecular flexibility index (Phi) is 12.6. The Balaban J connectivity index is 1.20. The molecule has 4 atom stereocenters. The number of aromatic carboxylic acids is 1. The van der Waals surface area contributed by atoms with Crippen LogP contribution in [0.15, 0.2) is 89.8 Å². The maximum Gasteiger partial charge on any atom is 0.339 e. The number of nitrogens with one attached hydrogen (secondary N) is 3. The predicted molar refractivity (Wildman–Crippen MR) is 198 cm³/mol. The third-order valence-corrected chi connectivity index (χ3v) is 11.1. The molecule has 286 valence electrons. The number of aromatic hydroxyl groups is 1. The van der Waals surface area contributed by atoms with E-state index < -0.39 is 50.6 Å². The van der Waals surface area contributed by atoms with E-state index >= 15 is 0 Å². The maximum absolute atomic E-state index is 14.0. The van der Waals surface area contributed by atoms with E-state index in [-0.39, 0.29) is 35.8 Å². The van der Waals surface area contributed by atoms with Crippen molar-refractivity contribution in [3.63, 3.8) is 0 Å². The van der Waals surface area contributed by atoms with Crippen LogP contribution in [-0.4, -0.2) is 70.5 Å². The molecule has 4 aromatic rings.